The van der Waals surface area contributed by atoms with E-state index in [4.69, 9.17) is 0 Å². The average Bonchev–Trinajstić information content (AvgIpc) is 2.75. The van der Waals surface area contributed by atoms with Crippen LogP contribution in [0.4, 0.5) is 13.2 Å². The number of fused-ring (bicyclic) bond motifs is 1. The number of aromatic hydroxyl groups is 1. The summed E-state index contributed by atoms with van der Waals surface area (Å²) in [6, 6.07) is 9.24. The van der Waals surface area contributed by atoms with Gasteiger partial charge in [0.2, 0.25) is 0 Å². The Bertz CT molecular complexity index is 842. The van der Waals surface area contributed by atoms with Crippen molar-refractivity contribution in [3.8, 4) is 16.2 Å². The zero-order valence-corrected chi connectivity index (χ0v) is 12.8. The Morgan fingerprint density at radius 2 is 1.64 bits per heavy atom. The first-order chi connectivity index (χ1) is 10.3. The van der Waals surface area contributed by atoms with Crippen LogP contribution in [0.3, 0.4) is 0 Å². The van der Waals surface area contributed by atoms with E-state index in [0.29, 0.717) is 9.58 Å². The van der Waals surface area contributed by atoms with E-state index in [0.717, 1.165) is 28.8 Å². The number of halogens is 3. The molecule has 3 aromatic rings. The van der Waals surface area contributed by atoms with Crippen LogP contribution in [0.5, 0.6) is 5.75 Å². The molecule has 5 heteroatoms. The molecule has 0 saturated carbocycles. The molecular weight excluding hydrogens is 309 g/mol. The Labute approximate surface area is 129 Å². The highest BCUT2D eigenvalue weighted by atomic mass is 32.1. The molecular formula is C17H13F3OS. The van der Waals surface area contributed by atoms with Gasteiger partial charge in [-0.2, -0.15) is 13.2 Å². The minimum atomic E-state index is -4.42. The van der Waals surface area contributed by atoms with Crippen LogP contribution in [0, 0.1) is 13.8 Å². The van der Waals surface area contributed by atoms with E-state index < -0.39 is 11.7 Å². The van der Waals surface area contributed by atoms with Crippen LogP contribution in [-0.2, 0) is 6.18 Å². The van der Waals surface area contributed by atoms with Gasteiger partial charge in [-0.3, -0.25) is 0 Å². The summed E-state index contributed by atoms with van der Waals surface area (Å²) in [6.07, 6.45) is -4.42. The molecule has 0 aliphatic rings. The van der Waals surface area contributed by atoms with Gasteiger partial charge in [0.15, 0.2) is 0 Å². The fourth-order valence-electron chi connectivity index (χ4n) is 2.60. The van der Waals surface area contributed by atoms with E-state index in [1.54, 1.807) is 0 Å². The van der Waals surface area contributed by atoms with Gasteiger partial charge in [0.05, 0.1) is 10.4 Å². The highest BCUT2D eigenvalue weighted by Crippen LogP contribution is 2.47. The highest BCUT2D eigenvalue weighted by molar-refractivity contribution is 7.22. The largest absolute Gasteiger partial charge is 0.506 e. The van der Waals surface area contributed by atoms with E-state index in [1.807, 2.05) is 32.0 Å². The maximum atomic E-state index is 12.8. The lowest BCUT2D eigenvalue weighted by atomic mass is 10.0. The van der Waals surface area contributed by atoms with E-state index in [2.05, 4.69) is 0 Å². The summed E-state index contributed by atoms with van der Waals surface area (Å²) < 4.78 is 39.1. The van der Waals surface area contributed by atoms with Gasteiger partial charge in [0, 0.05) is 15.6 Å². The van der Waals surface area contributed by atoms with E-state index in [-0.39, 0.29) is 11.1 Å². The van der Waals surface area contributed by atoms with Gasteiger partial charge in [-0.15, -0.1) is 11.3 Å². The molecule has 0 spiro atoms. The van der Waals surface area contributed by atoms with Gasteiger partial charge >= 0.3 is 6.18 Å². The van der Waals surface area contributed by atoms with E-state index in [1.165, 1.54) is 17.4 Å². The molecule has 1 nitrogen and oxygen atoms in total. The zero-order chi connectivity index (χ0) is 16.1. The topological polar surface area (TPSA) is 20.2 Å². The second-order valence-electron chi connectivity index (χ2n) is 5.26. The summed E-state index contributed by atoms with van der Waals surface area (Å²) in [5, 5.41) is 10.7. The molecule has 3 rings (SSSR count). The second kappa shape index (κ2) is 5.02. The summed E-state index contributed by atoms with van der Waals surface area (Å²) in [6.45, 7) is 3.85. The van der Waals surface area contributed by atoms with Gasteiger partial charge in [-0.1, -0.05) is 18.2 Å². The molecule has 0 fully saturated rings. The van der Waals surface area contributed by atoms with Crippen molar-refractivity contribution < 1.29 is 18.3 Å². The molecule has 0 amide bonds. The van der Waals surface area contributed by atoms with Crippen LogP contribution in [0.1, 0.15) is 16.7 Å². The molecule has 0 aliphatic heterocycles. The summed E-state index contributed by atoms with van der Waals surface area (Å²) in [5.74, 6) is -0.0801. The first kappa shape index (κ1) is 14.9. The Kier molecular flexibility index (Phi) is 3.40. The predicted octanol–water partition coefficient (Wildman–Crippen LogP) is 5.91. The van der Waals surface area contributed by atoms with Crippen molar-refractivity contribution in [3.05, 3.63) is 53.1 Å². The molecule has 22 heavy (non-hydrogen) atoms. The maximum absolute atomic E-state index is 12.8. The number of benzene rings is 2. The summed E-state index contributed by atoms with van der Waals surface area (Å²) in [5.41, 5.74) is 2.10. The van der Waals surface area contributed by atoms with Gasteiger partial charge in [0.1, 0.15) is 5.75 Å². The predicted molar refractivity (Wildman–Crippen MR) is 83.4 cm³/mol. The second-order valence-corrected chi connectivity index (χ2v) is 6.31. The van der Waals surface area contributed by atoms with Crippen molar-refractivity contribution in [2.24, 2.45) is 0 Å². The van der Waals surface area contributed by atoms with Crippen molar-refractivity contribution >= 4 is 21.4 Å². The van der Waals surface area contributed by atoms with Crippen molar-refractivity contribution in [2.75, 3.05) is 0 Å². The van der Waals surface area contributed by atoms with E-state index >= 15 is 0 Å². The molecule has 114 valence electrons. The van der Waals surface area contributed by atoms with Crippen LogP contribution in [0.25, 0.3) is 20.5 Å². The zero-order valence-electron chi connectivity index (χ0n) is 12.0. The Morgan fingerprint density at radius 1 is 1.00 bits per heavy atom. The van der Waals surface area contributed by atoms with Crippen molar-refractivity contribution in [2.45, 2.75) is 20.0 Å². The molecule has 0 aliphatic carbocycles. The first-order valence-corrected chi connectivity index (χ1v) is 7.50. The Balaban J connectivity index is 2.27. The molecule has 1 heterocycles. The number of aryl methyl sites for hydroxylation is 2. The SMILES string of the molecule is Cc1cccc(C)c1-c1sc2ccc(C(F)(F)F)cc2c1O. The Morgan fingerprint density at radius 3 is 2.23 bits per heavy atom. The van der Waals surface area contributed by atoms with Gasteiger partial charge in [-0.25, -0.2) is 0 Å². The third kappa shape index (κ3) is 2.35. The molecule has 0 unspecified atom stereocenters. The number of hydrogen-bond donors (Lipinski definition) is 1. The molecule has 0 saturated heterocycles. The number of hydrogen-bond acceptors (Lipinski definition) is 2. The monoisotopic (exact) mass is 322 g/mol. The summed E-state index contributed by atoms with van der Waals surface area (Å²) >= 11 is 1.31. The average molecular weight is 322 g/mol. The molecule has 0 radical (unpaired) electrons. The summed E-state index contributed by atoms with van der Waals surface area (Å²) in [4.78, 5) is 0.616. The normalized spacial score (nSPS) is 12.0. The lowest BCUT2D eigenvalue weighted by molar-refractivity contribution is -0.137. The third-order valence-corrected chi connectivity index (χ3v) is 4.87. The number of alkyl halides is 3. The van der Waals surface area contributed by atoms with Crippen molar-refractivity contribution in [3.63, 3.8) is 0 Å². The van der Waals surface area contributed by atoms with Crippen LogP contribution < -0.4 is 0 Å². The van der Waals surface area contributed by atoms with Crippen LogP contribution in [0.15, 0.2) is 36.4 Å². The van der Waals surface area contributed by atoms with Crippen LogP contribution in [-0.4, -0.2) is 5.11 Å². The first-order valence-electron chi connectivity index (χ1n) is 6.68. The van der Waals surface area contributed by atoms with Gasteiger partial charge in [0.25, 0.3) is 0 Å². The fourth-order valence-corrected chi connectivity index (χ4v) is 3.86. The van der Waals surface area contributed by atoms with E-state index in [9.17, 15) is 18.3 Å². The molecule has 1 N–H and O–H groups in total. The van der Waals surface area contributed by atoms with Crippen molar-refractivity contribution in [1.82, 2.24) is 0 Å². The third-order valence-electron chi connectivity index (χ3n) is 3.70. The molecule has 0 bridgehead atoms. The van der Waals surface area contributed by atoms with Crippen LogP contribution in [0.2, 0.25) is 0 Å². The Hall–Kier alpha value is -2.01. The minimum absolute atomic E-state index is 0.0801. The standard InChI is InChI=1S/C17H13F3OS/c1-9-4-3-5-10(2)14(9)16-15(21)12-8-11(17(18,19)20)6-7-13(12)22-16/h3-8,21H,1-2H3. The molecule has 2 aromatic carbocycles. The van der Waals surface area contributed by atoms with Crippen molar-refractivity contribution in [1.29, 1.82) is 0 Å². The van der Waals surface area contributed by atoms with Crippen LogP contribution >= 0.6 is 11.3 Å². The number of thiophene rings is 1. The molecule has 1 aromatic heterocycles. The smallest absolute Gasteiger partial charge is 0.416 e. The lowest BCUT2D eigenvalue weighted by Crippen LogP contribution is -2.03. The quantitative estimate of drug-likeness (QED) is 0.590. The van der Waals surface area contributed by atoms with Gasteiger partial charge in [-0.05, 0) is 43.2 Å². The van der Waals surface area contributed by atoms with Gasteiger partial charge < -0.3 is 5.11 Å². The molecule has 0 atom stereocenters. The minimum Gasteiger partial charge on any atom is -0.506 e. The maximum Gasteiger partial charge on any atom is 0.416 e. The lowest BCUT2D eigenvalue weighted by Gasteiger charge is -2.08. The number of rotatable bonds is 1. The summed E-state index contributed by atoms with van der Waals surface area (Å²) in [7, 11) is 0. The fraction of sp³-hybridized carbons (Fsp3) is 0.176. The highest BCUT2D eigenvalue weighted by Gasteiger charge is 2.31.